The Morgan fingerprint density at radius 1 is 0.898 bits per heavy atom. The highest BCUT2D eigenvalue weighted by atomic mass is 35.5. The second-order valence-electron chi connectivity index (χ2n) is 9.24. The van der Waals surface area contributed by atoms with Crippen LogP contribution in [0.4, 0.5) is 32.0 Å². The molecule has 0 bridgehead atoms. The van der Waals surface area contributed by atoms with E-state index in [0.29, 0.717) is 22.3 Å². The summed E-state index contributed by atoms with van der Waals surface area (Å²) >= 11 is 12.0. The first kappa shape index (κ1) is 40.2. The van der Waals surface area contributed by atoms with Crippen LogP contribution < -0.4 is 11.0 Å². The number of aromatic nitrogens is 2. The number of nitrogens with zero attached hydrogens (tertiary/aromatic N) is 3. The van der Waals surface area contributed by atoms with Crippen molar-refractivity contribution < 1.29 is 50.2 Å². The number of hydrazone groups is 1. The Kier molecular flexibility index (Phi) is 14.8. The fourth-order valence-corrected chi connectivity index (χ4v) is 3.84. The van der Waals surface area contributed by atoms with Crippen molar-refractivity contribution in [2.45, 2.75) is 33.1 Å². The van der Waals surface area contributed by atoms with E-state index in [-0.39, 0.29) is 35.8 Å². The van der Waals surface area contributed by atoms with Gasteiger partial charge in [0.05, 0.1) is 42.6 Å². The molecule has 0 fully saturated rings. The third-order valence-electron chi connectivity index (χ3n) is 5.77. The standard InChI is InChI=1S/C17H14ClF3N2O3.C14H12ClF3N2O3/c1-3-26-15(24)7-4-11-8-12(5-6-14(11)18)23-16(25)10(2)13(9-22-23)17(19,20)21;1-2-23-13(22)6-3-9-7-10(4-5-11(9)15)20-19-8-12(21)14(16,17)18/h4-9H,3H2,1-2H3;3-8,20H,2H2,1H3/b7-4+;6-3+,19-8+. The number of carbonyl (C=O) groups is 3. The lowest BCUT2D eigenvalue weighted by atomic mass is 10.1. The van der Waals surface area contributed by atoms with Crippen molar-refractivity contribution in [1.29, 1.82) is 0 Å². The Hall–Kier alpha value is -4.96. The maximum absolute atomic E-state index is 12.9. The number of anilines is 1. The van der Waals surface area contributed by atoms with Crippen molar-refractivity contribution >= 4 is 65.0 Å². The smallest absolute Gasteiger partial charge is 0.455 e. The predicted molar refractivity (Wildman–Crippen MR) is 171 cm³/mol. The second-order valence-corrected chi connectivity index (χ2v) is 10.1. The highest BCUT2D eigenvalue weighted by Crippen LogP contribution is 2.30. The van der Waals surface area contributed by atoms with Crippen molar-refractivity contribution in [2.75, 3.05) is 18.6 Å². The Balaban J connectivity index is 0.000000343. The van der Waals surface area contributed by atoms with Crippen LogP contribution in [0, 0.1) is 6.92 Å². The first-order valence-electron chi connectivity index (χ1n) is 13.7. The van der Waals surface area contributed by atoms with Gasteiger partial charge in [-0.2, -0.15) is 41.2 Å². The number of halogens is 8. The van der Waals surface area contributed by atoms with E-state index in [4.69, 9.17) is 32.7 Å². The highest BCUT2D eigenvalue weighted by Gasteiger charge is 2.37. The molecule has 0 aliphatic heterocycles. The van der Waals surface area contributed by atoms with E-state index in [1.807, 2.05) is 0 Å². The van der Waals surface area contributed by atoms with Gasteiger partial charge in [0.1, 0.15) is 0 Å². The molecule has 1 heterocycles. The minimum atomic E-state index is -4.97. The summed E-state index contributed by atoms with van der Waals surface area (Å²) in [5.41, 5.74) is 1.10. The molecule has 1 N–H and O–H groups in total. The Morgan fingerprint density at radius 2 is 1.43 bits per heavy atom. The minimum absolute atomic E-state index is 0.128. The van der Waals surface area contributed by atoms with E-state index in [0.717, 1.165) is 23.8 Å². The van der Waals surface area contributed by atoms with Crippen LogP contribution >= 0.6 is 23.2 Å². The molecular formula is C31H26Cl2F6N4O6. The number of esters is 2. The van der Waals surface area contributed by atoms with E-state index in [9.17, 15) is 45.5 Å². The van der Waals surface area contributed by atoms with Crippen LogP contribution in [0.3, 0.4) is 0 Å². The fraction of sp³-hybridized carbons (Fsp3) is 0.226. The lowest BCUT2D eigenvalue weighted by Gasteiger charge is -2.12. The molecule has 0 spiro atoms. The summed E-state index contributed by atoms with van der Waals surface area (Å²) in [6, 6.07) is 8.65. The summed E-state index contributed by atoms with van der Waals surface area (Å²) in [4.78, 5) is 45.5. The van der Waals surface area contributed by atoms with Crippen LogP contribution in [0.2, 0.25) is 10.0 Å². The van der Waals surface area contributed by atoms with Crippen LogP contribution in [0.25, 0.3) is 17.8 Å². The SMILES string of the molecule is CCOC(=O)/C=C/c1cc(-n2ncc(C(F)(F)F)c(C)c2=O)ccc1Cl.CCOC(=O)/C=C/c1cc(N/N=C/C(=O)C(F)(F)F)ccc1Cl. The Morgan fingerprint density at radius 3 is 1.94 bits per heavy atom. The molecule has 1 aromatic heterocycles. The number of rotatable bonds is 10. The van der Waals surface area contributed by atoms with Gasteiger partial charge in [0.15, 0.2) is 0 Å². The maximum Gasteiger partial charge on any atom is 0.455 e. The Labute approximate surface area is 284 Å². The van der Waals surface area contributed by atoms with Crippen molar-refractivity contribution in [2.24, 2.45) is 5.10 Å². The highest BCUT2D eigenvalue weighted by molar-refractivity contribution is 6.32. The van der Waals surface area contributed by atoms with Gasteiger partial charge in [-0.1, -0.05) is 23.2 Å². The van der Waals surface area contributed by atoms with Gasteiger partial charge in [0.25, 0.3) is 11.3 Å². The number of alkyl halides is 6. The van der Waals surface area contributed by atoms with Crippen molar-refractivity contribution in [3.05, 3.63) is 97.4 Å². The van der Waals surface area contributed by atoms with Crippen LogP contribution in [-0.4, -0.2) is 53.1 Å². The summed E-state index contributed by atoms with van der Waals surface area (Å²) < 4.78 is 84.9. The van der Waals surface area contributed by atoms with E-state index in [1.165, 1.54) is 48.6 Å². The molecule has 0 amide bonds. The van der Waals surface area contributed by atoms with Gasteiger partial charge in [0.2, 0.25) is 0 Å². The molecule has 49 heavy (non-hydrogen) atoms. The third kappa shape index (κ3) is 12.5. The number of ketones is 1. The summed E-state index contributed by atoms with van der Waals surface area (Å²) in [7, 11) is 0. The largest absolute Gasteiger partial charge is 0.463 e. The first-order valence-corrected chi connectivity index (χ1v) is 14.5. The van der Waals surface area contributed by atoms with E-state index < -0.39 is 46.8 Å². The molecule has 3 rings (SSSR count). The number of hydrogen-bond acceptors (Lipinski definition) is 9. The van der Waals surface area contributed by atoms with Gasteiger partial charge >= 0.3 is 24.3 Å². The van der Waals surface area contributed by atoms with Gasteiger partial charge in [0, 0.05) is 27.8 Å². The van der Waals surface area contributed by atoms with E-state index in [2.05, 4.69) is 15.6 Å². The molecule has 0 aliphatic carbocycles. The van der Waals surface area contributed by atoms with Gasteiger partial charge in [-0.25, -0.2) is 9.59 Å². The zero-order valence-corrected chi connectivity index (χ0v) is 27.2. The van der Waals surface area contributed by atoms with Gasteiger partial charge in [-0.3, -0.25) is 15.0 Å². The van der Waals surface area contributed by atoms with Crippen LogP contribution in [-0.2, 0) is 30.0 Å². The van der Waals surface area contributed by atoms with E-state index in [1.54, 1.807) is 13.8 Å². The van der Waals surface area contributed by atoms with Crippen molar-refractivity contribution in [3.63, 3.8) is 0 Å². The third-order valence-corrected chi connectivity index (χ3v) is 6.46. The zero-order valence-electron chi connectivity index (χ0n) is 25.7. The molecule has 18 heteroatoms. The monoisotopic (exact) mass is 734 g/mol. The molecule has 3 aromatic rings. The molecule has 0 unspecified atom stereocenters. The number of Topliss-reactive ketones (excluding diaryl/α,β-unsaturated/α-hetero) is 1. The molecule has 0 saturated heterocycles. The molecule has 0 radical (unpaired) electrons. The zero-order chi connectivity index (χ0) is 36.9. The lowest BCUT2D eigenvalue weighted by molar-refractivity contribution is -0.162. The van der Waals surface area contributed by atoms with Crippen LogP contribution in [0.15, 0.2) is 64.6 Å². The number of ether oxygens (including phenoxy) is 2. The van der Waals surface area contributed by atoms with Gasteiger partial charge in [-0.15, -0.1) is 0 Å². The molecule has 0 saturated carbocycles. The first-order chi connectivity index (χ1) is 22.9. The summed E-state index contributed by atoms with van der Waals surface area (Å²) in [5.74, 6) is -3.22. The second kappa shape index (κ2) is 18.0. The molecule has 2 aromatic carbocycles. The topological polar surface area (TPSA) is 129 Å². The summed E-state index contributed by atoms with van der Waals surface area (Å²) in [6.07, 6.45) is -3.83. The normalized spacial score (nSPS) is 11.8. The fourth-order valence-electron chi connectivity index (χ4n) is 3.48. The van der Waals surface area contributed by atoms with Crippen molar-refractivity contribution in [3.8, 4) is 5.69 Å². The average molecular weight is 735 g/mol. The number of nitrogens with one attached hydrogen (secondary N) is 1. The number of hydrogen-bond donors (Lipinski definition) is 1. The average Bonchev–Trinajstić information content (AvgIpc) is 3.01. The predicted octanol–water partition coefficient (Wildman–Crippen LogP) is 7.23. The maximum atomic E-state index is 12.9. The van der Waals surface area contributed by atoms with Gasteiger partial charge < -0.3 is 9.47 Å². The minimum Gasteiger partial charge on any atom is -0.463 e. The van der Waals surface area contributed by atoms with E-state index >= 15 is 0 Å². The number of carbonyl (C=O) groups excluding carboxylic acids is 3. The van der Waals surface area contributed by atoms with Crippen LogP contribution in [0.5, 0.6) is 0 Å². The Bertz CT molecular complexity index is 1820. The lowest BCUT2D eigenvalue weighted by Crippen LogP contribution is -2.27. The summed E-state index contributed by atoms with van der Waals surface area (Å²) in [6.45, 7) is 4.83. The van der Waals surface area contributed by atoms with Gasteiger partial charge in [-0.05, 0) is 80.4 Å². The molecule has 0 aliphatic rings. The molecule has 0 atom stereocenters. The van der Waals surface area contributed by atoms with Crippen molar-refractivity contribution in [1.82, 2.24) is 9.78 Å². The quantitative estimate of drug-likeness (QED) is 0.0760. The molecular weight excluding hydrogens is 709 g/mol. The molecule has 10 nitrogen and oxygen atoms in total. The molecule has 262 valence electrons. The number of benzene rings is 2. The van der Waals surface area contributed by atoms with Crippen LogP contribution in [0.1, 0.15) is 36.1 Å². The summed E-state index contributed by atoms with van der Waals surface area (Å²) in [5, 5.41) is 7.39.